The average molecular weight is 332 g/mol. The fourth-order valence-electron chi connectivity index (χ4n) is 2.24. The van der Waals surface area contributed by atoms with Crippen LogP contribution >= 0.6 is 11.6 Å². The van der Waals surface area contributed by atoms with E-state index in [0.717, 1.165) is 24.5 Å². The Balaban J connectivity index is 1.44. The topological polar surface area (TPSA) is 55.5 Å². The Morgan fingerprint density at radius 1 is 1.26 bits per heavy atom. The van der Waals surface area contributed by atoms with Gasteiger partial charge >= 0.3 is 0 Å². The van der Waals surface area contributed by atoms with Gasteiger partial charge in [0.1, 0.15) is 5.75 Å². The van der Waals surface area contributed by atoms with Crippen molar-refractivity contribution in [2.75, 3.05) is 20.2 Å². The second kappa shape index (κ2) is 7.39. The lowest BCUT2D eigenvalue weighted by molar-refractivity contribution is 0.256. The number of nitrogens with zero attached hydrogens (tertiary/aromatic N) is 5. The summed E-state index contributed by atoms with van der Waals surface area (Å²) in [6.07, 6.45) is 4.45. The molecule has 23 heavy (non-hydrogen) atoms. The molecule has 0 amide bonds. The molecule has 6 nitrogen and oxygen atoms in total. The molecular weight excluding hydrogens is 314 g/mol. The predicted octanol–water partition coefficient (Wildman–Crippen LogP) is 2.68. The molecule has 0 saturated heterocycles. The number of fused-ring (bicyclic) bond motifs is 1. The molecule has 0 aliphatic rings. The summed E-state index contributed by atoms with van der Waals surface area (Å²) >= 11 is 6.05. The van der Waals surface area contributed by atoms with Gasteiger partial charge in [-0.2, -0.15) is 4.98 Å². The number of rotatable bonds is 7. The van der Waals surface area contributed by atoms with Gasteiger partial charge in [-0.3, -0.25) is 4.90 Å². The van der Waals surface area contributed by atoms with Crippen LogP contribution in [0.25, 0.3) is 5.78 Å². The number of hydrogen-bond acceptors (Lipinski definition) is 5. The fourth-order valence-corrected chi connectivity index (χ4v) is 2.43. The largest absolute Gasteiger partial charge is 0.492 e. The van der Waals surface area contributed by atoms with Crippen LogP contribution in [0.2, 0.25) is 5.02 Å². The highest BCUT2D eigenvalue weighted by atomic mass is 35.5. The van der Waals surface area contributed by atoms with E-state index in [1.54, 1.807) is 10.7 Å². The molecule has 2 aromatic heterocycles. The summed E-state index contributed by atoms with van der Waals surface area (Å²) in [6, 6.07) is 9.34. The molecule has 3 aromatic rings. The zero-order valence-electron chi connectivity index (χ0n) is 12.9. The van der Waals surface area contributed by atoms with E-state index >= 15 is 0 Å². The molecule has 2 heterocycles. The quantitative estimate of drug-likeness (QED) is 0.623. The Hall–Kier alpha value is -2.18. The van der Waals surface area contributed by atoms with E-state index in [1.807, 2.05) is 43.6 Å². The molecule has 0 aliphatic heterocycles. The fraction of sp³-hybridized carbons (Fsp3) is 0.312. The molecule has 0 unspecified atom stereocenters. The van der Waals surface area contributed by atoms with Gasteiger partial charge in [-0.15, -0.1) is 5.10 Å². The van der Waals surface area contributed by atoms with E-state index in [0.29, 0.717) is 24.0 Å². The van der Waals surface area contributed by atoms with Gasteiger partial charge in [0, 0.05) is 18.9 Å². The Labute approximate surface area is 139 Å². The first-order valence-corrected chi connectivity index (χ1v) is 7.82. The molecule has 0 atom stereocenters. The number of aromatic nitrogens is 4. The monoisotopic (exact) mass is 331 g/mol. The lowest BCUT2D eigenvalue weighted by Gasteiger charge is -2.14. The summed E-state index contributed by atoms with van der Waals surface area (Å²) in [4.78, 5) is 10.7. The van der Waals surface area contributed by atoms with Crippen molar-refractivity contribution < 1.29 is 4.74 Å². The Morgan fingerprint density at radius 2 is 2.13 bits per heavy atom. The first kappa shape index (κ1) is 15.7. The van der Waals surface area contributed by atoms with Gasteiger partial charge < -0.3 is 4.74 Å². The van der Waals surface area contributed by atoms with Crippen LogP contribution in [0.15, 0.2) is 42.7 Å². The smallest absolute Gasteiger partial charge is 0.252 e. The Kier molecular flexibility index (Phi) is 5.05. The highest BCUT2D eigenvalue weighted by molar-refractivity contribution is 6.32. The summed E-state index contributed by atoms with van der Waals surface area (Å²) in [5.74, 6) is 2.11. The normalized spacial score (nSPS) is 11.3. The van der Waals surface area contributed by atoms with Crippen molar-refractivity contribution in [1.82, 2.24) is 24.5 Å². The second-order valence-electron chi connectivity index (χ2n) is 5.26. The number of hydrogen-bond donors (Lipinski definition) is 0. The van der Waals surface area contributed by atoms with Gasteiger partial charge in [-0.25, -0.2) is 9.50 Å². The van der Waals surface area contributed by atoms with Crippen LogP contribution in [0.4, 0.5) is 0 Å². The Morgan fingerprint density at radius 3 is 2.96 bits per heavy atom. The molecule has 0 N–H and O–H groups in total. The van der Waals surface area contributed by atoms with Crippen LogP contribution in [0.5, 0.6) is 5.75 Å². The van der Waals surface area contributed by atoms with Crippen molar-refractivity contribution in [2.45, 2.75) is 13.0 Å². The molecule has 120 valence electrons. The minimum Gasteiger partial charge on any atom is -0.492 e. The van der Waals surface area contributed by atoms with Crippen molar-refractivity contribution >= 4 is 17.4 Å². The van der Waals surface area contributed by atoms with Crippen LogP contribution in [-0.2, 0) is 6.54 Å². The third kappa shape index (κ3) is 4.18. The van der Waals surface area contributed by atoms with Crippen molar-refractivity contribution in [2.24, 2.45) is 0 Å². The predicted molar refractivity (Wildman–Crippen MR) is 88.7 cm³/mol. The van der Waals surface area contributed by atoms with E-state index in [9.17, 15) is 0 Å². The standard InChI is InChI=1S/C16H18ClN5O/c1-21(9-5-11-23-14-7-3-2-6-13(14)17)12-15-19-16-18-8-4-10-22(16)20-15/h2-4,6-8,10H,5,9,11-12H2,1H3. The average Bonchev–Trinajstić information content (AvgIpc) is 2.95. The van der Waals surface area contributed by atoms with E-state index in [4.69, 9.17) is 16.3 Å². The number of para-hydroxylation sites is 1. The highest BCUT2D eigenvalue weighted by Gasteiger charge is 2.07. The first-order valence-electron chi connectivity index (χ1n) is 7.44. The number of benzene rings is 1. The van der Waals surface area contributed by atoms with Gasteiger partial charge in [0.2, 0.25) is 0 Å². The van der Waals surface area contributed by atoms with Gasteiger partial charge in [0.25, 0.3) is 5.78 Å². The number of ether oxygens (including phenoxy) is 1. The molecule has 0 aliphatic carbocycles. The van der Waals surface area contributed by atoms with Crippen molar-refractivity contribution in [1.29, 1.82) is 0 Å². The second-order valence-corrected chi connectivity index (χ2v) is 5.67. The third-order valence-electron chi connectivity index (χ3n) is 3.35. The first-order chi connectivity index (χ1) is 11.2. The molecule has 0 radical (unpaired) electrons. The lowest BCUT2D eigenvalue weighted by Crippen LogP contribution is -2.21. The highest BCUT2D eigenvalue weighted by Crippen LogP contribution is 2.23. The minimum atomic E-state index is 0.619. The molecule has 0 fully saturated rings. The van der Waals surface area contributed by atoms with E-state index in [2.05, 4.69) is 20.0 Å². The molecule has 0 spiro atoms. The maximum absolute atomic E-state index is 6.05. The maximum Gasteiger partial charge on any atom is 0.252 e. The van der Waals surface area contributed by atoms with Gasteiger partial charge in [0.05, 0.1) is 18.2 Å². The summed E-state index contributed by atoms with van der Waals surface area (Å²) in [5, 5.41) is 5.03. The van der Waals surface area contributed by atoms with Gasteiger partial charge in [0.15, 0.2) is 5.82 Å². The lowest BCUT2D eigenvalue weighted by atomic mass is 10.3. The molecule has 3 rings (SSSR count). The maximum atomic E-state index is 6.05. The summed E-state index contributed by atoms with van der Waals surface area (Å²) < 4.78 is 7.37. The van der Waals surface area contributed by atoms with Gasteiger partial charge in [-0.1, -0.05) is 23.7 Å². The van der Waals surface area contributed by atoms with Crippen molar-refractivity contribution in [3.63, 3.8) is 0 Å². The minimum absolute atomic E-state index is 0.619. The zero-order chi connectivity index (χ0) is 16.1. The summed E-state index contributed by atoms with van der Waals surface area (Å²) in [5.41, 5.74) is 0. The van der Waals surface area contributed by atoms with Crippen LogP contribution in [0, 0.1) is 0 Å². The van der Waals surface area contributed by atoms with E-state index < -0.39 is 0 Å². The SMILES string of the molecule is CN(CCCOc1ccccc1Cl)Cc1nc2ncccn2n1. The van der Waals surface area contributed by atoms with Crippen LogP contribution < -0.4 is 4.74 Å². The number of halogens is 1. The van der Waals surface area contributed by atoms with Crippen molar-refractivity contribution in [3.05, 3.63) is 53.6 Å². The van der Waals surface area contributed by atoms with E-state index in [-0.39, 0.29) is 0 Å². The van der Waals surface area contributed by atoms with Crippen LogP contribution in [-0.4, -0.2) is 44.7 Å². The molecular formula is C16H18ClN5O. The third-order valence-corrected chi connectivity index (χ3v) is 3.66. The molecule has 0 bridgehead atoms. The molecule has 1 aromatic carbocycles. The molecule has 7 heteroatoms. The van der Waals surface area contributed by atoms with Crippen LogP contribution in [0.1, 0.15) is 12.2 Å². The summed E-state index contributed by atoms with van der Waals surface area (Å²) in [6.45, 7) is 2.18. The molecule has 0 saturated carbocycles. The zero-order valence-corrected chi connectivity index (χ0v) is 13.6. The van der Waals surface area contributed by atoms with Gasteiger partial charge in [-0.05, 0) is 31.7 Å². The Bertz CT molecular complexity index is 743. The van der Waals surface area contributed by atoms with Crippen molar-refractivity contribution in [3.8, 4) is 5.75 Å². The van der Waals surface area contributed by atoms with E-state index in [1.165, 1.54) is 0 Å². The van der Waals surface area contributed by atoms with Crippen LogP contribution in [0.3, 0.4) is 0 Å². The summed E-state index contributed by atoms with van der Waals surface area (Å²) in [7, 11) is 2.04.